The van der Waals surface area contributed by atoms with Crippen molar-refractivity contribution in [2.45, 2.75) is 25.5 Å². The molecule has 1 aromatic heterocycles. The lowest BCUT2D eigenvalue weighted by molar-refractivity contribution is 0.115. The van der Waals surface area contributed by atoms with Gasteiger partial charge in [0.15, 0.2) is 0 Å². The lowest BCUT2D eigenvalue weighted by atomic mass is 9.96. The molecule has 0 radical (unpaired) electrons. The van der Waals surface area contributed by atoms with Gasteiger partial charge in [-0.2, -0.15) is 0 Å². The fourth-order valence-electron chi connectivity index (χ4n) is 2.00. The van der Waals surface area contributed by atoms with Crippen LogP contribution >= 0.6 is 0 Å². The lowest BCUT2D eigenvalue weighted by Gasteiger charge is -2.18. The molecule has 0 aromatic carbocycles. The number of furan rings is 1. The molecular weight excluding hydrogens is 180 g/mol. The Balaban J connectivity index is 2.07. The van der Waals surface area contributed by atoms with Gasteiger partial charge in [0.25, 0.3) is 0 Å². The number of hydrogen-bond acceptors (Lipinski definition) is 4. The van der Waals surface area contributed by atoms with E-state index < -0.39 is 0 Å². The third kappa shape index (κ3) is 1.82. The number of ether oxygens (including phenoxy) is 1. The molecule has 1 aliphatic rings. The first-order valence-corrected chi connectivity index (χ1v) is 4.92. The van der Waals surface area contributed by atoms with Crippen molar-refractivity contribution in [3.8, 4) is 0 Å². The molecule has 14 heavy (non-hydrogen) atoms. The Hall–Kier alpha value is -0.840. The van der Waals surface area contributed by atoms with Gasteiger partial charge in [-0.25, -0.2) is 5.43 Å². The summed E-state index contributed by atoms with van der Waals surface area (Å²) in [6, 6.07) is 3.88. The molecule has 4 heteroatoms. The lowest BCUT2D eigenvalue weighted by Crippen LogP contribution is -2.33. The molecule has 0 aliphatic carbocycles. The molecule has 78 valence electrons. The van der Waals surface area contributed by atoms with E-state index >= 15 is 0 Å². The van der Waals surface area contributed by atoms with E-state index in [1.54, 1.807) is 6.26 Å². The van der Waals surface area contributed by atoms with Gasteiger partial charge in [-0.15, -0.1) is 0 Å². The van der Waals surface area contributed by atoms with Crippen LogP contribution in [0.1, 0.15) is 25.1 Å². The van der Waals surface area contributed by atoms with Gasteiger partial charge < -0.3 is 9.15 Å². The molecule has 1 aromatic rings. The monoisotopic (exact) mass is 196 g/mol. The van der Waals surface area contributed by atoms with Gasteiger partial charge in [0.2, 0.25) is 0 Å². The van der Waals surface area contributed by atoms with Crippen LogP contribution in [0.2, 0.25) is 0 Å². The van der Waals surface area contributed by atoms with E-state index in [1.165, 1.54) is 0 Å². The largest absolute Gasteiger partial charge is 0.468 e. The van der Waals surface area contributed by atoms with E-state index in [0.717, 1.165) is 18.8 Å². The van der Waals surface area contributed by atoms with Gasteiger partial charge >= 0.3 is 0 Å². The maximum atomic E-state index is 5.52. The molecule has 1 saturated heterocycles. The number of rotatable bonds is 3. The molecule has 0 spiro atoms. The van der Waals surface area contributed by atoms with Gasteiger partial charge in [-0.3, -0.25) is 5.84 Å². The van der Waals surface area contributed by atoms with E-state index in [0.29, 0.717) is 12.0 Å². The Kier molecular flexibility index (Phi) is 2.86. The highest BCUT2D eigenvalue weighted by Gasteiger charge is 2.31. The number of nitrogens with two attached hydrogens (primary N) is 1. The molecule has 4 nitrogen and oxygen atoms in total. The van der Waals surface area contributed by atoms with Crippen LogP contribution in [-0.2, 0) is 4.74 Å². The minimum Gasteiger partial charge on any atom is -0.468 e. The Bertz CT molecular complexity index is 274. The summed E-state index contributed by atoms with van der Waals surface area (Å²) < 4.78 is 10.8. The van der Waals surface area contributed by atoms with Crippen molar-refractivity contribution in [1.82, 2.24) is 5.43 Å². The second kappa shape index (κ2) is 4.13. The topological polar surface area (TPSA) is 60.4 Å². The minimum absolute atomic E-state index is 0.0648. The van der Waals surface area contributed by atoms with Crippen molar-refractivity contribution < 1.29 is 9.15 Å². The van der Waals surface area contributed by atoms with E-state index in [4.69, 9.17) is 15.0 Å². The summed E-state index contributed by atoms with van der Waals surface area (Å²) in [6.45, 7) is 2.83. The zero-order valence-corrected chi connectivity index (χ0v) is 8.27. The summed E-state index contributed by atoms with van der Waals surface area (Å²) in [5.41, 5.74) is 2.79. The first-order valence-electron chi connectivity index (χ1n) is 4.92. The van der Waals surface area contributed by atoms with Crippen LogP contribution in [-0.4, -0.2) is 12.7 Å². The van der Waals surface area contributed by atoms with Crippen molar-refractivity contribution in [2.24, 2.45) is 11.8 Å². The third-order valence-electron chi connectivity index (χ3n) is 2.73. The maximum Gasteiger partial charge on any atom is 0.122 e. The average molecular weight is 196 g/mol. The predicted molar refractivity (Wildman–Crippen MR) is 52.3 cm³/mol. The van der Waals surface area contributed by atoms with Gasteiger partial charge in [-0.1, -0.05) is 0 Å². The van der Waals surface area contributed by atoms with Crippen LogP contribution in [0.4, 0.5) is 0 Å². The smallest absolute Gasteiger partial charge is 0.122 e. The normalized spacial score (nSPS) is 29.3. The number of nitrogens with one attached hydrogen (secondary N) is 1. The van der Waals surface area contributed by atoms with Crippen LogP contribution in [0.25, 0.3) is 0 Å². The van der Waals surface area contributed by atoms with Crippen molar-refractivity contribution in [3.63, 3.8) is 0 Å². The molecule has 3 N–H and O–H groups in total. The number of hydrogen-bond donors (Lipinski definition) is 2. The van der Waals surface area contributed by atoms with Crippen LogP contribution < -0.4 is 11.3 Å². The summed E-state index contributed by atoms with van der Waals surface area (Å²) >= 11 is 0. The Morgan fingerprint density at radius 3 is 3.00 bits per heavy atom. The predicted octanol–water partition coefficient (Wildman–Crippen LogP) is 1.21. The molecule has 0 bridgehead atoms. The Morgan fingerprint density at radius 2 is 2.50 bits per heavy atom. The standard InChI is InChI=1S/C10H16N2O2/c1-7-5-8(6-14-7)10(12-11)9-3-2-4-13-9/h2-4,7-8,10,12H,5-6,11H2,1H3. The van der Waals surface area contributed by atoms with Crippen LogP contribution in [0.15, 0.2) is 22.8 Å². The van der Waals surface area contributed by atoms with Crippen LogP contribution in [0, 0.1) is 5.92 Å². The van der Waals surface area contributed by atoms with Crippen molar-refractivity contribution in [3.05, 3.63) is 24.2 Å². The van der Waals surface area contributed by atoms with Crippen molar-refractivity contribution in [2.75, 3.05) is 6.61 Å². The first-order chi connectivity index (χ1) is 6.81. The summed E-state index contributed by atoms with van der Waals surface area (Å²) in [5, 5.41) is 0. The molecule has 0 amide bonds. The van der Waals surface area contributed by atoms with Gasteiger partial charge in [0.05, 0.1) is 25.0 Å². The van der Waals surface area contributed by atoms with Crippen LogP contribution in [0.3, 0.4) is 0 Å². The molecule has 1 aliphatic heterocycles. The summed E-state index contributed by atoms with van der Waals surface area (Å²) in [7, 11) is 0. The first kappa shape index (κ1) is 9.71. The van der Waals surface area contributed by atoms with E-state index in [-0.39, 0.29) is 6.04 Å². The fraction of sp³-hybridized carbons (Fsp3) is 0.600. The van der Waals surface area contributed by atoms with Crippen molar-refractivity contribution >= 4 is 0 Å². The molecule has 1 fully saturated rings. The van der Waals surface area contributed by atoms with Gasteiger partial charge in [0.1, 0.15) is 5.76 Å². The summed E-state index contributed by atoms with van der Waals surface area (Å²) in [4.78, 5) is 0. The zero-order valence-electron chi connectivity index (χ0n) is 8.27. The minimum atomic E-state index is 0.0648. The SMILES string of the molecule is CC1CC(C(NN)c2ccco2)CO1. The molecule has 2 heterocycles. The quantitative estimate of drug-likeness (QED) is 0.563. The highest BCUT2D eigenvalue weighted by molar-refractivity contribution is 5.06. The highest BCUT2D eigenvalue weighted by Crippen LogP contribution is 2.31. The van der Waals surface area contributed by atoms with Gasteiger partial charge in [0, 0.05) is 5.92 Å². The highest BCUT2D eigenvalue weighted by atomic mass is 16.5. The van der Waals surface area contributed by atoms with E-state index in [9.17, 15) is 0 Å². The average Bonchev–Trinajstić information content (AvgIpc) is 2.79. The molecule has 0 saturated carbocycles. The molecule has 3 atom stereocenters. The molecule has 3 unspecified atom stereocenters. The second-order valence-corrected chi connectivity index (χ2v) is 3.80. The maximum absolute atomic E-state index is 5.52. The van der Waals surface area contributed by atoms with Crippen LogP contribution in [0.5, 0.6) is 0 Å². The number of hydrazine groups is 1. The van der Waals surface area contributed by atoms with E-state index in [2.05, 4.69) is 12.3 Å². The summed E-state index contributed by atoms with van der Waals surface area (Å²) in [5.74, 6) is 6.81. The fourth-order valence-corrected chi connectivity index (χ4v) is 2.00. The van der Waals surface area contributed by atoms with Gasteiger partial charge in [-0.05, 0) is 25.5 Å². The van der Waals surface area contributed by atoms with E-state index in [1.807, 2.05) is 12.1 Å². The third-order valence-corrected chi connectivity index (χ3v) is 2.73. The second-order valence-electron chi connectivity index (χ2n) is 3.80. The Labute approximate surface area is 83.4 Å². The molecule has 2 rings (SSSR count). The zero-order chi connectivity index (χ0) is 9.97. The van der Waals surface area contributed by atoms with Crippen molar-refractivity contribution in [1.29, 1.82) is 0 Å². The summed E-state index contributed by atoms with van der Waals surface area (Å²) in [6.07, 6.45) is 3.01. The Morgan fingerprint density at radius 1 is 1.64 bits per heavy atom. The molecular formula is C10H16N2O2.